The molecule has 1 atom stereocenters. The third-order valence-corrected chi connectivity index (χ3v) is 4.18. The predicted octanol–water partition coefficient (Wildman–Crippen LogP) is 1.09. The van der Waals surface area contributed by atoms with Crippen LogP contribution in [-0.4, -0.2) is 62.3 Å². The smallest absolute Gasteiger partial charge is 0.252 e. The molecule has 1 unspecified atom stereocenters. The quantitative estimate of drug-likeness (QED) is 0.879. The number of nitrogens with one attached hydrogen (secondary N) is 1. The van der Waals surface area contributed by atoms with Crippen molar-refractivity contribution in [2.75, 3.05) is 39.5 Å². The van der Waals surface area contributed by atoms with Crippen LogP contribution < -0.4 is 14.8 Å². The van der Waals surface area contributed by atoms with Crippen molar-refractivity contribution < 1.29 is 23.8 Å². The molecule has 1 aromatic rings. The highest BCUT2D eigenvalue weighted by Crippen LogP contribution is 2.38. The van der Waals surface area contributed by atoms with Crippen LogP contribution >= 0.6 is 11.6 Å². The van der Waals surface area contributed by atoms with Crippen molar-refractivity contribution in [3.05, 3.63) is 22.7 Å². The lowest BCUT2D eigenvalue weighted by Crippen LogP contribution is -2.50. The van der Waals surface area contributed by atoms with Gasteiger partial charge in [-0.15, -0.1) is 0 Å². The van der Waals surface area contributed by atoms with Gasteiger partial charge in [-0.25, -0.2) is 0 Å². The molecule has 0 aliphatic carbocycles. The summed E-state index contributed by atoms with van der Waals surface area (Å²) in [5.41, 5.74) is 0.325. The molecule has 2 aliphatic heterocycles. The van der Waals surface area contributed by atoms with Gasteiger partial charge in [0, 0.05) is 18.7 Å². The van der Waals surface area contributed by atoms with E-state index in [9.17, 15) is 9.59 Å². The minimum Gasteiger partial charge on any atom is -0.486 e. The van der Waals surface area contributed by atoms with Gasteiger partial charge in [-0.05, 0) is 19.1 Å². The fourth-order valence-corrected chi connectivity index (χ4v) is 2.91. The van der Waals surface area contributed by atoms with Crippen molar-refractivity contribution >= 4 is 23.4 Å². The van der Waals surface area contributed by atoms with E-state index in [2.05, 4.69) is 5.32 Å². The molecule has 1 aromatic carbocycles. The van der Waals surface area contributed by atoms with Gasteiger partial charge < -0.3 is 24.4 Å². The number of hydrogen-bond acceptors (Lipinski definition) is 5. The maximum atomic E-state index is 12.4. The number of fused-ring (bicyclic) bond motifs is 1. The normalized spacial score (nSPS) is 18.0. The van der Waals surface area contributed by atoms with Crippen LogP contribution in [0.3, 0.4) is 0 Å². The number of rotatable bonds is 3. The summed E-state index contributed by atoms with van der Waals surface area (Å²) in [6.45, 7) is 4.59. The first kappa shape index (κ1) is 16.9. The highest BCUT2D eigenvalue weighted by atomic mass is 35.5. The minimum atomic E-state index is -0.637. The van der Waals surface area contributed by atoms with E-state index in [1.54, 1.807) is 17.9 Å². The number of hydrogen-bond donors (Lipinski definition) is 1. The highest BCUT2D eigenvalue weighted by Gasteiger charge is 2.25. The van der Waals surface area contributed by atoms with Crippen molar-refractivity contribution in [1.82, 2.24) is 10.2 Å². The van der Waals surface area contributed by atoms with E-state index in [1.165, 1.54) is 6.07 Å². The lowest BCUT2D eigenvalue weighted by molar-refractivity contribution is -0.136. The molecule has 8 heteroatoms. The van der Waals surface area contributed by atoms with Crippen molar-refractivity contribution in [3.8, 4) is 11.5 Å². The third kappa shape index (κ3) is 3.57. The summed E-state index contributed by atoms with van der Waals surface area (Å²) in [6.07, 6.45) is 0. The Morgan fingerprint density at radius 3 is 2.62 bits per heavy atom. The van der Waals surface area contributed by atoms with E-state index in [0.717, 1.165) is 0 Å². The van der Waals surface area contributed by atoms with Crippen molar-refractivity contribution in [2.24, 2.45) is 0 Å². The third-order valence-electron chi connectivity index (χ3n) is 3.90. The molecule has 7 nitrogen and oxygen atoms in total. The summed E-state index contributed by atoms with van der Waals surface area (Å²) >= 11 is 6.14. The molecule has 1 saturated heterocycles. The van der Waals surface area contributed by atoms with E-state index in [4.69, 9.17) is 25.8 Å². The molecule has 2 aliphatic rings. The molecule has 1 N–H and O–H groups in total. The zero-order valence-electron chi connectivity index (χ0n) is 13.3. The predicted molar refractivity (Wildman–Crippen MR) is 86.8 cm³/mol. The Balaban J connectivity index is 1.68. The number of ether oxygens (including phenoxy) is 3. The average Bonchev–Trinajstić information content (AvgIpc) is 2.61. The molecule has 1 fully saturated rings. The largest absolute Gasteiger partial charge is 0.486 e. The lowest BCUT2D eigenvalue weighted by atomic mass is 10.1. The van der Waals surface area contributed by atoms with Crippen molar-refractivity contribution in [3.63, 3.8) is 0 Å². The molecule has 0 bridgehead atoms. The van der Waals surface area contributed by atoms with E-state index in [-0.39, 0.29) is 11.8 Å². The Kier molecular flexibility index (Phi) is 5.11. The zero-order valence-corrected chi connectivity index (χ0v) is 14.1. The van der Waals surface area contributed by atoms with Crippen LogP contribution in [-0.2, 0) is 9.53 Å². The molecule has 2 heterocycles. The first-order chi connectivity index (χ1) is 11.6. The average molecular weight is 355 g/mol. The van der Waals surface area contributed by atoms with Crippen LogP contribution in [0.15, 0.2) is 12.1 Å². The van der Waals surface area contributed by atoms with Crippen LogP contribution in [0.25, 0.3) is 0 Å². The first-order valence-electron chi connectivity index (χ1n) is 7.83. The summed E-state index contributed by atoms with van der Waals surface area (Å²) in [5.74, 6) is 0.362. The number of nitrogens with zero attached hydrogens (tertiary/aromatic N) is 1. The van der Waals surface area contributed by atoms with Gasteiger partial charge >= 0.3 is 0 Å². The van der Waals surface area contributed by atoms with E-state index in [1.807, 2.05) is 0 Å². The number of carbonyl (C=O) groups excluding carboxylic acids is 2. The van der Waals surface area contributed by atoms with E-state index in [0.29, 0.717) is 61.6 Å². The molecule has 0 spiro atoms. The SMILES string of the molecule is CC(NC(=O)c1cc(Cl)c2c(c1)OCCO2)C(=O)N1CCOCC1. The maximum absolute atomic E-state index is 12.4. The summed E-state index contributed by atoms with van der Waals surface area (Å²) < 4.78 is 16.1. The van der Waals surface area contributed by atoms with Gasteiger partial charge in [-0.2, -0.15) is 0 Å². The minimum absolute atomic E-state index is 0.129. The Morgan fingerprint density at radius 1 is 1.17 bits per heavy atom. The molecule has 0 radical (unpaired) electrons. The standard InChI is InChI=1S/C16H19ClN2O5/c1-10(16(21)19-2-4-22-5-3-19)18-15(20)11-8-12(17)14-13(9-11)23-6-7-24-14/h8-10H,2-7H2,1H3,(H,18,20). The second-order valence-electron chi connectivity index (χ2n) is 5.62. The Bertz CT molecular complexity index is 646. The Hall–Kier alpha value is -1.99. The molecule has 2 amide bonds. The van der Waals surface area contributed by atoms with Gasteiger partial charge in [0.15, 0.2) is 11.5 Å². The van der Waals surface area contributed by atoms with E-state index >= 15 is 0 Å². The summed E-state index contributed by atoms with van der Waals surface area (Å²) in [4.78, 5) is 26.5. The number of carbonyl (C=O) groups is 2. The fraction of sp³-hybridized carbons (Fsp3) is 0.500. The van der Waals surface area contributed by atoms with Crippen LogP contribution in [0.4, 0.5) is 0 Å². The number of benzene rings is 1. The lowest BCUT2D eigenvalue weighted by Gasteiger charge is -2.29. The van der Waals surface area contributed by atoms with Gasteiger partial charge in [0.2, 0.25) is 5.91 Å². The molecule has 0 aromatic heterocycles. The number of morpholine rings is 1. The van der Waals surface area contributed by atoms with Gasteiger partial charge in [0.05, 0.1) is 18.2 Å². The van der Waals surface area contributed by atoms with Crippen LogP contribution in [0.1, 0.15) is 17.3 Å². The van der Waals surface area contributed by atoms with Crippen molar-refractivity contribution in [2.45, 2.75) is 13.0 Å². The Labute approximate surface area is 144 Å². The number of amides is 2. The molecule has 0 saturated carbocycles. The second kappa shape index (κ2) is 7.27. The molecule has 24 heavy (non-hydrogen) atoms. The summed E-state index contributed by atoms with van der Waals surface area (Å²) in [5, 5.41) is 3.01. The topological polar surface area (TPSA) is 77.1 Å². The fourth-order valence-electron chi connectivity index (χ4n) is 2.64. The summed E-state index contributed by atoms with van der Waals surface area (Å²) in [6, 6.07) is 2.44. The summed E-state index contributed by atoms with van der Waals surface area (Å²) in [7, 11) is 0. The van der Waals surface area contributed by atoms with Crippen LogP contribution in [0.5, 0.6) is 11.5 Å². The van der Waals surface area contributed by atoms with Crippen molar-refractivity contribution in [1.29, 1.82) is 0 Å². The van der Waals surface area contributed by atoms with Gasteiger partial charge in [-0.1, -0.05) is 11.6 Å². The maximum Gasteiger partial charge on any atom is 0.252 e. The molecular weight excluding hydrogens is 336 g/mol. The van der Waals surface area contributed by atoms with E-state index < -0.39 is 6.04 Å². The monoisotopic (exact) mass is 354 g/mol. The first-order valence-corrected chi connectivity index (χ1v) is 8.20. The van der Waals surface area contributed by atoms with Crippen LogP contribution in [0, 0.1) is 0 Å². The molecule has 130 valence electrons. The molecule has 3 rings (SSSR count). The van der Waals surface area contributed by atoms with Gasteiger partial charge in [0.25, 0.3) is 5.91 Å². The zero-order chi connectivity index (χ0) is 17.1. The highest BCUT2D eigenvalue weighted by molar-refractivity contribution is 6.32. The molecular formula is C16H19ClN2O5. The number of halogens is 1. The van der Waals surface area contributed by atoms with Crippen LogP contribution in [0.2, 0.25) is 5.02 Å². The van der Waals surface area contributed by atoms with Gasteiger partial charge in [-0.3, -0.25) is 9.59 Å². The Morgan fingerprint density at radius 2 is 1.88 bits per heavy atom. The van der Waals surface area contributed by atoms with Gasteiger partial charge in [0.1, 0.15) is 19.3 Å². The second-order valence-corrected chi connectivity index (χ2v) is 6.02.